The molecule has 15 heavy (non-hydrogen) atoms. The highest BCUT2D eigenvalue weighted by atomic mass is 32.2. The Bertz CT molecular complexity index is 302. The average molecular weight is 235 g/mol. The van der Waals surface area contributed by atoms with E-state index in [4.69, 9.17) is 10.5 Å². The molecule has 5 heteroatoms. The molecule has 1 saturated carbocycles. The second-order valence-electron chi connectivity index (χ2n) is 4.45. The van der Waals surface area contributed by atoms with Crippen molar-refractivity contribution in [1.29, 1.82) is 0 Å². The van der Waals surface area contributed by atoms with E-state index >= 15 is 0 Å². The smallest absolute Gasteiger partial charge is 0.152 e. The molecule has 2 N–H and O–H groups in total. The molecule has 0 aromatic heterocycles. The lowest BCUT2D eigenvalue weighted by atomic mass is 9.87. The van der Waals surface area contributed by atoms with Gasteiger partial charge in [0.25, 0.3) is 0 Å². The predicted molar refractivity (Wildman–Crippen MR) is 60.5 cm³/mol. The monoisotopic (exact) mass is 235 g/mol. The normalized spacial score (nSPS) is 32.1. The number of methoxy groups -OCH3 is 1. The van der Waals surface area contributed by atoms with Crippen LogP contribution in [0, 0.1) is 5.41 Å². The van der Waals surface area contributed by atoms with Gasteiger partial charge in [-0.2, -0.15) is 0 Å². The van der Waals surface area contributed by atoms with Crippen LogP contribution in [0.4, 0.5) is 0 Å². The Balaban J connectivity index is 2.73. The lowest BCUT2D eigenvalue weighted by Gasteiger charge is -2.26. The minimum atomic E-state index is -2.91. The third-order valence-corrected chi connectivity index (χ3v) is 5.67. The van der Waals surface area contributed by atoms with E-state index in [9.17, 15) is 8.42 Å². The van der Waals surface area contributed by atoms with Gasteiger partial charge in [0.2, 0.25) is 0 Å². The van der Waals surface area contributed by atoms with E-state index < -0.39 is 9.84 Å². The number of nitrogens with two attached hydrogens (primary N) is 1. The van der Waals surface area contributed by atoms with Crippen molar-refractivity contribution >= 4 is 9.84 Å². The molecule has 0 saturated heterocycles. The van der Waals surface area contributed by atoms with Crippen molar-refractivity contribution in [1.82, 2.24) is 0 Å². The first-order valence-electron chi connectivity index (χ1n) is 5.40. The van der Waals surface area contributed by atoms with E-state index in [-0.39, 0.29) is 16.4 Å². The van der Waals surface area contributed by atoms with Crippen LogP contribution in [0.5, 0.6) is 0 Å². The highest BCUT2D eigenvalue weighted by Gasteiger charge is 2.42. The van der Waals surface area contributed by atoms with Gasteiger partial charge in [-0.05, 0) is 19.3 Å². The van der Waals surface area contributed by atoms with Gasteiger partial charge in [0.05, 0.1) is 11.9 Å². The summed E-state index contributed by atoms with van der Waals surface area (Å²) in [4.78, 5) is 0. The third-order valence-electron chi connectivity index (χ3n) is 3.45. The molecule has 1 rings (SSSR count). The molecule has 1 fully saturated rings. The minimum Gasteiger partial charge on any atom is -0.384 e. The first-order valence-corrected chi connectivity index (χ1v) is 7.12. The summed E-state index contributed by atoms with van der Waals surface area (Å²) in [5.41, 5.74) is 5.62. The van der Waals surface area contributed by atoms with E-state index in [1.807, 2.05) is 0 Å². The molecule has 0 aliphatic heterocycles. The van der Waals surface area contributed by atoms with Gasteiger partial charge < -0.3 is 10.5 Å². The van der Waals surface area contributed by atoms with Gasteiger partial charge in [-0.3, -0.25) is 0 Å². The molecule has 0 aromatic carbocycles. The van der Waals surface area contributed by atoms with Gasteiger partial charge >= 0.3 is 0 Å². The molecule has 0 bridgehead atoms. The second-order valence-corrected chi connectivity index (χ2v) is 7.02. The fourth-order valence-electron chi connectivity index (χ4n) is 2.38. The van der Waals surface area contributed by atoms with Gasteiger partial charge in [-0.15, -0.1) is 0 Å². The summed E-state index contributed by atoms with van der Waals surface area (Å²) in [7, 11) is -1.27. The number of ether oxygens (including phenoxy) is 1. The Kier molecular flexibility index (Phi) is 4.14. The van der Waals surface area contributed by atoms with Crippen LogP contribution in [0.1, 0.15) is 26.2 Å². The lowest BCUT2D eigenvalue weighted by Crippen LogP contribution is -2.34. The molecule has 4 nitrogen and oxygen atoms in total. The highest BCUT2D eigenvalue weighted by Crippen LogP contribution is 2.40. The Morgan fingerprint density at radius 3 is 2.67 bits per heavy atom. The molecule has 0 aromatic rings. The Morgan fingerprint density at radius 2 is 2.20 bits per heavy atom. The number of hydrogen-bond donors (Lipinski definition) is 1. The van der Waals surface area contributed by atoms with Crippen molar-refractivity contribution < 1.29 is 13.2 Å². The third kappa shape index (κ3) is 2.71. The standard InChI is InChI=1S/C10H21NO3S/c1-3-15(12,13)9-4-5-10(6-9,7-11)8-14-2/h9H,3-8,11H2,1-2H3/t9-,10-/m1/s1. The molecule has 2 atom stereocenters. The Morgan fingerprint density at radius 1 is 1.53 bits per heavy atom. The van der Waals surface area contributed by atoms with Crippen LogP contribution >= 0.6 is 0 Å². The molecule has 0 radical (unpaired) electrons. The summed E-state index contributed by atoms with van der Waals surface area (Å²) >= 11 is 0. The van der Waals surface area contributed by atoms with E-state index in [0.717, 1.165) is 12.8 Å². The summed E-state index contributed by atoms with van der Waals surface area (Å²) in [6.07, 6.45) is 2.26. The largest absolute Gasteiger partial charge is 0.384 e. The first-order chi connectivity index (χ1) is 6.99. The maximum Gasteiger partial charge on any atom is 0.152 e. The van der Waals surface area contributed by atoms with Crippen LogP contribution in [-0.2, 0) is 14.6 Å². The van der Waals surface area contributed by atoms with Crippen LogP contribution in [0.3, 0.4) is 0 Å². The summed E-state index contributed by atoms with van der Waals surface area (Å²) in [5, 5.41) is -0.207. The van der Waals surface area contributed by atoms with Gasteiger partial charge in [-0.1, -0.05) is 6.92 Å². The van der Waals surface area contributed by atoms with Crippen molar-refractivity contribution in [2.45, 2.75) is 31.4 Å². The number of hydrogen-bond acceptors (Lipinski definition) is 4. The summed E-state index contributed by atoms with van der Waals surface area (Å²) in [6, 6.07) is 0. The van der Waals surface area contributed by atoms with E-state index in [2.05, 4.69) is 0 Å². The quantitative estimate of drug-likeness (QED) is 0.756. The van der Waals surface area contributed by atoms with Crippen molar-refractivity contribution in [3.05, 3.63) is 0 Å². The molecular weight excluding hydrogens is 214 g/mol. The van der Waals surface area contributed by atoms with Crippen molar-refractivity contribution in [3.63, 3.8) is 0 Å². The fraction of sp³-hybridized carbons (Fsp3) is 1.00. The molecule has 1 aliphatic carbocycles. The van der Waals surface area contributed by atoms with Crippen LogP contribution in [0.15, 0.2) is 0 Å². The van der Waals surface area contributed by atoms with Gasteiger partial charge in [0.15, 0.2) is 9.84 Å². The molecule has 90 valence electrons. The van der Waals surface area contributed by atoms with Gasteiger partial charge in [-0.25, -0.2) is 8.42 Å². The van der Waals surface area contributed by atoms with Crippen molar-refractivity contribution in [2.75, 3.05) is 26.0 Å². The Hall–Kier alpha value is -0.130. The summed E-state index contributed by atoms with van der Waals surface area (Å²) in [5.74, 6) is 0.227. The second kappa shape index (κ2) is 4.80. The minimum absolute atomic E-state index is 0.109. The number of rotatable bonds is 5. The van der Waals surface area contributed by atoms with Crippen molar-refractivity contribution in [3.8, 4) is 0 Å². The van der Waals surface area contributed by atoms with Crippen LogP contribution in [0.2, 0.25) is 0 Å². The predicted octanol–water partition coefficient (Wildman–Crippen LogP) is 0.565. The SMILES string of the molecule is CCS(=O)(=O)[C@@H]1CC[C@@](CN)(COC)C1. The van der Waals surface area contributed by atoms with Crippen LogP contribution in [-0.4, -0.2) is 39.7 Å². The molecule has 0 amide bonds. The highest BCUT2D eigenvalue weighted by molar-refractivity contribution is 7.92. The maximum atomic E-state index is 11.7. The zero-order chi connectivity index (χ0) is 11.5. The topological polar surface area (TPSA) is 69.4 Å². The zero-order valence-electron chi connectivity index (χ0n) is 9.53. The van der Waals surface area contributed by atoms with Gasteiger partial charge in [0, 0.05) is 24.8 Å². The van der Waals surface area contributed by atoms with Crippen molar-refractivity contribution in [2.24, 2.45) is 11.1 Å². The summed E-state index contributed by atoms with van der Waals surface area (Å²) in [6.45, 7) is 2.78. The van der Waals surface area contributed by atoms with Crippen LogP contribution < -0.4 is 5.73 Å². The molecule has 0 heterocycles. The maximum absolute atomic E-state index is 11.7. The van der Waals surface area contributed by atoms with E-state index in [0.29, 0.717) is 19.6 Å². The molecule has 0 spiro atoms. The molecular formula is C10H21NO3S. The lowest BCUT2D eigenvalue weighted by molar-refractivity contribution is 0.0895. The van der Waals surface area contributed by atoms with Crippen LogP contribution in [0.25, 0.3) is 0 Å². The Labute approximate surface area is 92.1 Å². The average Bonchev–Trinajstić information content (AvgIpc) is 2.64. The fourth-order valence-corrected chi connectivity index (χ4v) is 3.93. The summed E-state index contributed by atoms with van der Waals surface area (Å²) < 4.78 is 28.6. The van der Waals surface area contributed by atoms with Gasteiger partial charge in [0.1, 0.15) is 0 Å². The van der Waals surface area contributed by atoms with E-state index in [1.165, 1.54) is 0 Å². The molecule has 1 aliphatic rings. The zero-order valence-corrected chi connectivity index (χ0v) is 10.3. The molecule has 0 unspecified atom stereocenters. The number of sulfone groups is 1. The first kappa shape index (κ1) is 12.9. The van der Waals surface area contributed by atoms with E-state index in [1.54, 1.807) is 14.0 Å².